The highest BCUT2D eigenvalue weighted by molar-refractivity contribution is 9.10. The van der Waals surface area contributed by atoms with Crippen LogP contribution in [0, 0.1) is 0 Å². The Morgan fingerprint density at radius 3 is 2.71 bits per heavy atom. The van der Waals surface area contributed by atoms with Crippen LogP contribution in [0.1, 0.15) is 12.3 Å². The summed E-state index contributed by atoms with van der Waals surface area (Å²) in [6.07, 6.45) is -2.10. The van der Waals surface area contributed by atoms with E-state index in [9.17, 15) is 23.7 Å². The SMILES string of the molecule is COC(=O)[C@H](C)NP(=O)(OC[C@H]1S[C@@H](n2ccc(N)nc2=O)[C@@H](F)[C@@H]1O)Oc1ccc(Br)cc1. The molecule has 1 aliphatic rings. The molecule has 1 unspecified atom stereocenters. The van der Waals surface area contributed by atoms with Crippen LogP contribution in [0.25, 0.3) is 0 Å². The molecule has 1 saturated heterocycles. The number of nitrogens with one attached hydrogen (secondary N) is 1. The Morgan fingerprint density at radius 1 is 1.41 bits per heavy atom. The van der Waals surface area contributed by atoms with Crippen molar-refractivity contribution in [2.24, 2.45) is 0 Å². The first-order valence-electron chi connectivity index (χ1n) is 9.90. The second-order valence-electron chi connectivity index (χ2n) is 7.25. The molecular formula is C19H23BrFN4O7PS. The topological polar surface area (TPSA) is 155 Å². The summed E-state index contributed by atoms with van der Waals surface area (Å²) < 4.78 is 45.7. The highest BCUT2D eigenvalue weighted by Crippen LogP contribution is 2.49. The van der Waals surface area contributed by atoms with Crippen LogP contribution in [-0.4, -0.2) is 57.9 Å². The number of benzene rings is 1. The smallest absolute Gasteiger partial charge is 0.459 e. The third-order valence-electron chi connectivity index (χ3n) is 4.77. The molecule has 0 saturated carbocycles. The van der Waals surface area contributed by atoms with Gasteiger partial charge in [0.1, 0.15) is 29.1 Å². The van der Waals surface area contributed by atoms with Gasteiger partial charge in [-0.05, 0) is 37.3 Å². The first-order valence-corrected chi connectivity index (χ1v) is 13.2. The predicted octanol–water partition coefficient (Wildman–Crippen LogP) is 2.26. The Hall–Kier alpha value is -1.96. The summed E-state index contributed by atoms with van der Waals surface area (Å²) in [5.41, 5.74) is 4.70. The summed E-state index contributed by atoms with van der Waals surface area (Å²) in [5, 5.41) is 10.9. The molecule has 34 heavy (non-hydrogen) atoms. The molecule has 186 valence electrons. The number of aliphatic hydroxyl groups is 1. The number of carbonyl (C=O) groups excluding carboxylic acids is 1. The minimum atomic E-state index is -4.20. The van der Waals surface area contributed by atoms with E-state index in [2.05, 4.69) is 30.7 Å². The molecule has 0 aliphatic carbocycles. The van der Waals surface area contributed by atoms with E-state index in [1.165, 1.54) is 38.4 Å². The van der Waals surface area contributed by atoms with Crippen LogP contribution in [0.3, 0.4) is 0 Å². The van der Waals surface area contributed by atoms with Gasteiger partial charge in [0, 0.05) is 10.7 Å². The Kier molecular flexibility index (Phi) is 8.77. The first-order chi connectivity index (χ1) is 16.0. The number of methoxy groups -OCH3 is 1. The van der Waals surface area contributed by atoms with Gasteiger partial charge >= 0.3 is 19.4 Å². The molecule has 6 atom stereocenters. The van der Waals surface area contributed by atoms with Crippen molar-refractivity contribution in [1.82, 2.24) is 14.6 Å². The van der Waals surface area contributed by atoms with E-state index in [1.54, 1.807) is 12.1 Å². The highest BCUT2D eigenvalue weighted by Gasteiger charge is 2.46. The van der Waals surface area contributed by atoms with Crippen LogP contribution in [0.5, 0.6) is 5.75 Å². The number of ether oxygens (including phenoxy) is 1. The summed E-state index contributed by atoms with van der Waals surface area (Å²) in [6, 6.07) is 6.63. The van der Waals surface area contributed by atoms with Crippen molar-refractivity contribution in [3.63, 3.8) is 0 Å². The third kappa shape index (κ3) is 6.37. The van der Waals surface area contributed by atoms with Crippen LogP contribution < -0.4 is 21.0 Å². The van der Waals surface area contributed by atoms with E-state index < -0.39 is 55.0 Å². The molecule has 4 N–H and O–H groups in total. The number of nitrogens with zero attached hydrogens (tertiary/aromatic N) is 2. The van der Waals surface area contributed by atoms with Crippen molar-refractivity contribution < 1.29 is 32.6 Å². The monoisotopic (exact) mass is 580 g/mol. The van der Waals surface area contributed by atoms with Crippen molar-refractivity contribution in [1.29, 1.82) is 0 Å². The number of carbonyl (C=O) groups is 1. The third-order valence-corrected chi connectivity index (χ3v) is 8.48. The average Bonchev–Trinajstić information content (AvgIpc) is 3.07. The molecular weight excluding hydrogens is 558 g/mol. The van der Waals surface area contributed by atoms with Gasteiger partial charge in [0.25, 0.3) is 0 Å². The van der Waals surface area contributed by atoms with Crippen molar-refractivity contribution in [3.8, 4) is 5.75 Å². The van der Waals surface area contributed by atoms with E-state index >= 15 is 0 Å². The largest absolute Gasteiger partial charge is 0.468 e. The maximum absolute atomic E-state index is 14.8. The summed E-state index contributed by atoms with van der Waals surface area (Å²) in [4.78, 5) is 27.5. The number of rotatable bonds is 9. The van der Waals surface area contributed by atoms with Crippen LogP contribution in [0.4, 0.5) is 10.2 Å². The van der Waals surface area contributed by atoms with Gasteiger partial charge in [-0.3, -0.25) is 13.9 Å². The Labute approximate surface area is 206 Å². The molecule has 0 spiro atoms. The van der Waals surface area contributed by atoms with Crippen molar-refractivity contribution in [2.45, 2.75) is 35.9 Å². The fourth-order valence-corrected chi connectivity index (χ4v) is 6.35. The van der Waals surface area contributed by atoms with Crippen molar-refractivity contribution >= 4 is 47.2 Å². The quantitative estimate of drug-likeness (QED) is 0.295. The fourth-order valence-electron chi connectivity index (χ4n) is 3.05. The molecule has 11 nitrogen and oxygen atoms in total. The molecule has 0 bridgehead atoms. The maximum atomic E-state index is 14.8. The number of nitrogen functional groups attached to an aromatic ring is 1. The van der Waals surface area contributed by atoms with Crippen LogP contribution in [-0.2, 0) is 18.6 Å². The molecule has 1 fully saturated rings. The number of anilines is 1. The number of alkyl halides is 1. The second kappa shape index (κ2) is 11.2. The van der Waals surface area contributed by atoms with Gasteiger partial charge in [0.15, 0.2) is 6.17 Å². The van der Waals surface area contributed by atoms with Gasteiger partial charge in [-0.25, -0.2) is 13.8 Å². The zero-order valence-electron chi connectivity index (χ0n) is 18.0. The lowest BCUT2D eigenvalue weighted by Crippen LogP contribution is -2.36. The zero-order valence-corrected chi connectivity index (χ0v) is 21.3. The van der Waals surface area contributed by atoms with Gasteiger partial charge in [-0.2, -0.15) is 10.1 Å². The normalized spacial score (nSPS) is 24.9. The van der Waals surface area contributed by atoms with E-state index in [0.29, 0.717) is 0 Å². The molecule has 1 aliphatic heterocycles. The van der Waals surface area contributed by atoms with Gasteiger partial charge in [0.05, 0.1) is 19.0 Å². The number of halogens is 2. The second-order valence-corrected chi connectivity index (χ2v) is 11.2. The van der Waals surface area contributed by atoms with Crippen LogP contribution in [0.15, 0.2) is 45.8 Å². The first kappa shape index (κ1) is 26.6. The van der Waals surface area contributed by atoms with Gasteiger partial charge in [-0.15, -0.1) is 11.8 Å². The molecule has 15 heteroatoms. The van der Waals surface area contributed by atoms with E-state index in [-0.39, 0.29) is 11.6 Å². The summed E-state index contributed by atoms with van der Waals surface area (Å²) in [7, 11) is -3.03. The number of thioether (sulfide) groups is 1. The van der Waals surface area contributed by atoms with Crippen LogP contribution in [0.2, 0.25) is 0 Å². The minimum Gasteiger partial charge on any atom is -0.468 e. The lowest BCUT2D eigenvalue weighted by atomic mass is 10.1. The van der Waals surface area contributed by atoms with Gasteiger partial charge in [-0.1, -0.05) is 15.9 Å². The van der Waals surface area contributed by atoms with E-state index in [1.807, 2.05) is 0 Å². The number of aliphatic hydroxyl groups excluding tert-OH is 1. The minimum absolute atomic E-state index is 0.0167. The van der Waals surface area contributed by atoms with Gasteiger partial charge < -0.3 is 20.1 Å². The summed E-state index contributed by atoms with van der Waals surface area (Å²) >= 11 is 4.19. The maximum Gasteiger partial charge on any atom is 0.459 e. The molecule has 2 aromatic rings. The lowest BCUT2D eigenvalue weighted by molar-refractivity contribution is -0.142. The Morgan fingerprint density at radius 2 is 2.09 bits per heavy atom. The number of aromatic nitrogens is 2. The highest BCUT2D eigenvalue weighted by atomic mass is 79.9. The molecule has 3 rings (SSSR count). The summed E-state index contributed by atoms with van der Waals surface area (Å²) in [5.74, 6) is -0.550. The fraction of sp³-hybridized carbons (Fsp3) is 0.421. The molecule has 1 aromatic heterocycles. The zero-order chi connectivity index (χ0) is 25.0. The Bertz CT molecular complexity index is 1120. The number of hydrogen-bond acceptors (Lipinski definition) is 10. The van der Waals surface area contributed by atoms with Crippen molar-refractivity contribution in [3.05, 3.63) is 51.5 Å². The number of nitrogens with two attached hydrogens (primary N) is 1. The van der Waals surface area contributed by atoms with E-state index in [0.717, 1.165) is 20.8 Å². The van der Waals surface area contributed by atoms with Crippen molar-refractivity contribution in [2.75, 3.05) is 19.5 Å². The standard InChI is InChI=1S/C19H23BrFN4O7PS/c1-10(18(27)30-2)24-33(29,32-12-5-3-11(20)4-6-12)31-9-13-16(26)15(21)17(34-13)25-8-7-14(22)23-19(25)28/h3-8,10,13,15-17,26H,9H2,1-2H3,(H,24,29)(H2,22,23,28)/t10-,13+,15-,16+,17+,33?/m0/s1. The number of hydrogen-bond donors (Lipinski definition) is 3. The lowest BCUT2D eigenvalue weighted by Gasteiger charge is -2.24. The van der Waals surface area contributed by atoms with Gasteiger partial charge in [0.2, 0.25) is 0 Å². The summed E-state index contributed by atoms with van der Waals surface area (Å²) in [6.45, 7) is 0.981. The average molecular weight is 581 g/mol. The van der Waals surface area contributed by atoms with Crippen LogP contribution >= 0.6 is 35.4 Å². The predicted molar refractivity (Wildman–Crippen MR) is 127 cm³/mol. The molecule has 0 radical (unpaired) electrons. The Balaban J connectivity index is 1.76. The molecule has 1 aromatic carbocycles. The molecule has 0 amide bonds. The molecule has 2 heterocycles. The number of esters is 1. The van der Waals surface area contributed by atoms with E-state index in [4.69, 9.17) is 14.8 Å².